The highest BCUT2D eigenvalue weighted by Gasteiger charge is 2.48. The standard InChI is InChI=1S/C20H28O3/c1-12-5-6-14-7-8-16-18(20(14,3)4)17(23-19(16)22)11-13(2)10-15(21)9-12/h5,13-14,17H,6-11H2,1-4H3/b12-5-/t13-,14+,17+/m1/s1. The smallest absolute Gasteiger partial charge is 0.334 e. The van der Waals surface area contributed by atoms with Crippen LogP contribution in [0.2, 0.25) is 0 Å². The van der Waals surface area contributed by atoms with Crippen LogP contribution in [0.1, 0.15) is 66.2 Å². The van der Waals surface area contributed by atoms with Crippen molar-refractivity contribution in [2.45, 2.75) is 72.3 Å². The Bertz CT molecular complexity index is 594. The number of carbonyl (C=O) groups is 2. The van der Waals surface area contributed by atoms with Gasteiger partial charge in [0, 0.05) is 18.4 Å². The summed E-state index contributed by atoms with van der Waals surface area (Å²) in [6.45, 7) is 8.71. The molecule has 0 saturated carbocycles. The van der Waals surface area contributed by atoms with Crippen molar-refractivity contribution in [3.05, 3.63) is 22.8 Å². The van der Waals surface area contributed by atoms with E-state index in [9.17, 15) is 9.59 Å². The minimum Gasteiger partial charge on any atom is -0.454 e. The molecule has 0 radical (unpaired) electrons. The molecule has 0 N–H and O–H groups in total. The zero-order valence-electron chi connectivity index (χ0n) is 14.8. The number of hydrogen-bond donors (Lipinski definition) is 0. The number of hydrogen-bond acceptors (Lipinski definition) is 3. The first kappa shape index (κ1) is 16.5. The van der Waals surface area contributed by atoms with Gasteiger partial charge in [0.25, 0.3) is 0 Å². The third-order valence-electron chi connectivity index (χ3n) is 6.02. The Balaban J connectivity index is 2.00. The first-order valence-corrected chi connectivity index (χ1v) is 8.91. The summed E-state index contributed by atoms with van der Waals surface area (Å²) in [4.78, 5) is 24.5. The van der Waals surface area contributed by atoms with Gasteiger partial charge >= 0.3 is 5.97 Å². The van der Waals surface area contributed by atoms with Crippen LogP contribution in [0.5, 0.6) is 0 Å². The van der Waals surface area contributed by atoms with Gasteiger partial charge in [0.1, 0.15) is 11.9 Å². The summed E-state index contributed by atoms with van der Waals surface area (Å²) in [6.07, 6.45) is 6.90. The van der Waals surface area contributed by atoms with Gasteiger partial charge < -0.3 is 4.74 Å². The molecule has 0 amide bonds. The van der Waals surface area contributed by atoms with Crippen LogP contribution in [-0.2, 0) is 14.3 Å². The first-order valence-electron chi connectivity index (χ1n) is 8.91. The van der Waals surface area contributed by atoms with E-state index in [4.69, 9.17) is 4.74 Å². The summed E-state index contributed by atoms with van der Waals surface area (Å²) in [5.41, 5.74) is 3.33. The topological polar surface area (TPSA) is 43.4 Å². The highest BCUT2D eigenvalue weighted by Crippen LogP contribution is 2.52. The second-order valence-corrected chi connectivity index (χ2v) is 8.29. The molecule has 126 valence electrons. The third-order valence-corrected chi connectivity index (χ3v) is 6.02. The number of allylic oxidation sites excluding steroid dienone is 2. The molecular formula is C20H28O3. The molecule has 3 atom stereocenters. The van der Waals surface area contributed by atoms with Crippen LogP contribution in [0, 0.1) is 17.3 Å². The van der Waals surface area contributed by atoms with Crippen molar-refractivity contribution in [3.63, 3.8) is 0 Å². The average Bonchev–Trinajstić information content (AvgIpc) is 2.73. The van der Waals surface area contributed by atoms with E-state index in [0.29, 0.717) is 24.5 Å². The molecule has 0 fully saturated rings. The SMILES string of the molecule is C/C1=C/C[C@H]2CCC3=C([C@H](C[C@H](C)CC(=O)C1)OC3=O)C2(C)C. The van der Waals surface area contributed by atoms with Gasteiger partial charge in [0.05, 0.1) is 0 Å². The summed E-state index contributed by atoms with van der Waals surface area (Å²) in [5, 5.41) is 0. The average molecular weight is 316 g/mol. The van der Waals surface area contributed by atoms with Gasteiger partial charge in [-0.05, 0) is 55.4 Å². The van der Waals surface area contributed by atoms with Crippen LogP contribution in [0.25, 0.3) is 0 Å². The minimum absolute atomic E-state index is 0.00981. The molecule has 3 nitrogen and oxygen atoms in total. The Hall–Kier alpha value is -1.38. The third kappa shape index (κ3) is 3.02. The van der Waals surface area contributed by atoms with Gasteiger partial charge in [0.15, 0.2) is 0 Å². The van der Waals surface area contributed by atoms with E-state index in [1.54, 1.807) is 0 Å². The quantitative estimate of drug-likeness (QED) is 0.492. The van der Waals surface area contributed by atoms with Crippen molar-refractivity contribution in [3.8, 4) is 0 Å². The maximum Gasteiger partial charge on any atom is 0.334 e. The molecule has 3 heteroatoms. The van der Waals surface area contributed by atoms with Crippen LogP contribution in [0.15, 0.2) is 22.8 Å². The van der Waals surface area contributed by atoms with Crippen molar-refractivity contribution in [2.75, 3.05) is 0 Å². The molecule has 0 aromatic rings. The van der Waals surface area contributed by atoms with E-state index in [1.165, 1.54) is 11.1 Å². The summed E-state index contributed by atoms with van der Waals surface area (Å²) >= 11 is 0. The van der Waals surface area contributed by atoms with Crippen molar-refractivity contribution in [1.82, 2.24) is 0 Å². The molecule has 1 heterocycles. The molecule has 2 aliphatic carbocycles. The van der Waals surface area contributed by atoms with Crippen molar-refractivity contribution in [1.29, 1.82) is 0 Å². The van der Waals surface area contributed by atoms with E-state index >= 15 is 0 Å². The zero-order valence-corrected chi connectivity index (χ0v) is 14.8. The fourth-order valence-electron chi connectivity index (χ4n) is 4.72. The summed E-state index contributed by atoms with van der Waals surface area (Å²) in [7, 11) is 0. The number of Topliss-reactive ketones (excluding diaryl/α,β-unsaturated/α-hetero) is 1. The second kappa shape index (κ2) is 5.92. The molecule has 0 aromatic heterocycles. The predicted molar refractivity (Wildman–Crippen MR) is 89.8 cm³/mol. The lowest BCUT2D eigenvalue weighted by atomic mass is 9.62. The number of rotatable bonds is 0. The monoisotopic (exact) mass is 316 g/mol. The zero-order chi connectivity index (χ0) is 16.8. The van der Waals surface area contributed by atoms with Crippen LogP contribution < -0.4 is 0 Å². The number of carbonyl (C=O) groups excluding carboxylic acids is 2. The Morgan fingerprint density at radius 3 is 2.74 bits per heavy atom. The van der Waals surface area contributed by atoms with E-state index in [2.05, 4.69) is 33.8 Å². The van der Waals surface area contributed by atoms with Crippen molar-refractivity contribution in [2.24, 2.45) is 17.3 Å². The molecule has 0 spiro atoms. The van der Waals surface area contributed by atoms with Gasteiger partial charge in [-0.25, -0.2) is 4.79 Å². The fourth-order valence-corrected chi connectivity index (χ4v) is 4.72. The predicted octanol–water partition coefficient (Wildman–Crippen LogP) is 4.37. The van der Waals surface area contributed by atoms with E-state index < -0.39 is 0 Å². The van der Waals surface area contributed by atoms with E-state index in [0.717, 1.165) is 31.3 Å². The van der Waals surface area contributed by atoms with Gasteiger partial charge in [-0.2, -0.15) is 0 Å². The molecule has 0 unspecified atom stereocenters. The van der Waals surface area contributed by atoms with Gasteiger partial charge in [-0.3, -0.25) is 4.79 Å². The molecule has 0 saturated heterocycles. The number of fused-ring (bicyclic) bond motifs is 1. The maximum absolute atomic E-state index is 12.3. The summed E-state index contributed by atoms with van der Waals surface area (Å²) in [6, 6.07) is 0. The van der Waals surface area contributed by atoms with E-state index in [-0.39, 0.29) is 23.4 Å². The van der Waals surface area contributed by atoms with Crippen LogP contribution in [-0.4, -0.2) is 17.9 Å². The normalized spacial score (nSPS) is 36.7. The van der Waals surface area contributed by atoms with Crippen LogP contribution >= 0.6 is 0 Å². The molecule has 3 aliphatic rings. The van der Waals surface area contributed by atoms with Crippen molar-refractivity contribution >= 4 is 11.8 Å². The lowest BCUT2D eigenvalue weighted by molar-refractivity contribution is -0.140. The molecule has 2 bridgehead atoms. The number of esters is 1. The highest BCUT2D eigenvalue weighted by atomic mass is 16.5. The molecule has 3 rings (SSSR count). The molecule has 0 aromatic carbocycles. The largest absolute Gasteiger partial charge is 0.454 e. The van der Waals surface area contributed by atoms with Crippen LogP contribution in [0.4, 0.5) is 0 Å². The summed E-state index contributed by atoms with van der Waals surface area (Å²) in [5.74, 6) is 0.944. The Morgan fingerprint density at radius 2 is 2.00 bits per heavy atom. The molecule has 1 aliphatic heterocycles. The highest BCUT2D eigenvalue weighted by molar-refractivity contribution is 5.93. The Morgan fingerprint density at radius 1 is 1.26 bits per heavy atom. The Labute approximate surface area is 139 Å². The maximum atomic E-state index is 12.3. The van der Waals surface area contributed by atoms with Crippen molar-refractivity contribution < 1.29 is 14.3 Å². The molecular weight excluding hydrogens is 288 g/mol. The lowest BCUT2D eigenvalue weighted by Crippen LogP contribution is -2.35. The van der Waals surface area contributed by atoms with E-state index in [1.807, 2.05) is 0 Å². The lowest BCUT2D eigenvalue weighted by Gasteiger charge is -2.41. The second-order valence-electron chi connectivity index (χ2n) is 8.29. The van der Waals surface area contributed by atoms with Gasteiger partial charge in [0.2, 0.25) is 0 Å². The van der Waals surface area contributed by atoms with Crippen LogP contribution in [0.3, 0.4) is 0 Å². The van der Waals surface area contributed by atoms with Gasteiger partial charge in [-0.15, -0.1) is 0 Å². The minimum atomic E-state index is -0.123. The Kier molecular flexibility index (Phi) is 4.24. The number of ketones is 1. The summed E-state index contributed by atoms with van der Waals surface area (Å²) < 4.78 is 5.72. The first-order chi connectivity index (χ1) is 10.8. The fraction of sp³-hybridized carbons (Fsp3) is 0.700. The van der Waals surface area contributed by atoms with Gasteiger partial charge in [-0.1, -0.05) is 32.4 Å². The molecule has 23 heavy (non-hydrogen) atoms. The number of ether oxygens (including phenoxy) is 1.